The first-order valence-electron chi connectivity index (χ1n) is 5.00. The van der Waals surface area contributed by atoms with Crippen molar-refractivity contribution in [2.75, 3.05) is 13.6 Å². The molecule has 0 N–H and O–H groups in total. The molecule has 1 atom stereocenters. The van der Waals surface area contributed by atoms with E-state index in [4.69, 9.17) is 0 Å². The predicted molar refractivity (Wildman–Crippen MR) is 48.1 cm³/mol. The second-order valence-electron chi connectivity index (χ2n) is 4.19. The molecule has 12 heavy (non-hydrogen) atoms. The molecule has 1 heterocycles. The summed E-state index contributed by atoms with van der Waals surface area (Å²) in [5.74, 6) is 0.508. The molecule has 1 spiro atoms. The fraction of sp³-hybridized carbons (Fsp3) is 0.900. The van der Waals surface area contributed by atoms with Crippen molar-refractivity contribution in [2.24, 2.45) is 0 Å². The van der Waals surface area contributed by atoms with E-state index in [1.807, 2.05) is 0 Å². The van der Waals surface area contributed by atoms with Crippen molar-refractivity contribution in [2.45, 2.75) is 44.1 Å². The molecule has 2 rings (SSSR count). The topological polar surface area (TPSA) is 20.3 Å². The molecule has 2 nitrogen and oxygen atoms in total. The zero-order valence-corrected chi connectivity index (χ0v) is 7.81. The summed E-state index contributed by atoms with van der Waals surface area (Å²) in [5, 5.41) is 0. The van der Waals surface area contributed by atoms with Crippen LogP contribution in [-0.2, 0) is 4.79 Å². The van der Waals surface area contributed by atoms with Crippen LogP contribution in [0.3, 0.4) is 0 Å². The molecule has 0 amide bonds. The van der Waals surface area contributed by atoms with Crippen LogP contribution in [-0.4, -0.2) is 29.8 Å². The van der Waals surface area contributed by atoms with Crippen LogP contribution in [0.4, 0.5) is 0 Å². The third-order valence-corrected chi connectivity index (χ3v) is 3.58. The zero-order chi connectivity index (χ0) is 8.60. The maximum absolute atomic E-state index is 11.8. The Morgan fingerprint density at radius 1 is 1.25 bits per heavy atom. The third kappa shape index (κ3) is 1.01. The molecule has 0 aromatic carbocycles. The Bertz CT molecular complexity index is 202. The van der Waals surface area contributed by atoms with Crippen LogP contribution >= 0.6 is 0 Å². The minimum atomic E-state index is -0.0156. The van der Waals surface area contributed by atoms with Crippen LogP contribution in [0.25, 0.3) is 0 Å². The van der Waals surface area contributed by atoms with Crippen molar-refractivity contribution in [3.8, 4) is 0 Å². The molecular formula is C10H17NO. The Kier molecular flexibility index (Phi) is 1.95. The average molecular weight is 167 g/mol. The van der Waals surface area contributed by atoms with Crippen molar-refractivity contribution >= 4 is 5.78 Å². The smallest absolute Gasteiger partial charge is 0.153 e. The largest absolute Gasteiger partial charge is 0.298 e. The van der Waals surface area contributed by atoms with Crippen molar-refractivity contribution in [3.63, 3.8) is 0 Å². The van der Waals surface area contributed by atoms with E-state index in [9.17, 15) is 4.79 Å². The van der Waals surface area contributed by atoms with Gasteiger partial charge in [0.15, 0.2) is 5.78 Å². The molecular weight excluding hydrogens is 150 g/mol. The fourth-order valence-electron chi connectivity index (χ4n) is 2.76. The molecule has 2 aliphatic rings. The molecule has 0 aromatic rings. The summed E-state index contributed by atoms with van der Waals surface area (Å²) in [7, 11) is 2.11. The van der Waals surface area contributed by atoms with E-state index >= 15 is 0 Å². The Balaban J connectivity index is 2.21. The van der Waals surface area contributed by atoms with Crippen molar-refractivity contribution in [1.29, 1.82) is 0 Å². The lowest BCUT2D eigenvalue weighted by atomic mass is 9.79. The van der Waals surface area contributed by atoms with Crippen molar-refractivity contribution in [1.82, 2.24) is 4.90 Å². The zero-order valence-electron chi connectivity index (χ0n) is 7.81. The fourth-order valence-corrected chi connectivity index (χ4v) is 2.76. The van der Waals surface area contributed by atoms with Crippen LogP contribution in [0.2, 0.25) is 0 Å². The maximum atomic E-state index is 11.8. The highest BCUT2D eigenvalue weighted by Crippen LogP contribution is 2.37. The molecule has 0 bridgehead atoms. The number of carbonyl (C=O) groups excluding carboxylic acids is 1. The van der Waals surface area contributed by atoms with Crippen LogP contribution < -0.4 is 0 Å². The number of rotatable bonds is 0. The monoisotopic (exact) mass is 167 g/mol. The molecule has 0 aromatic heterocycles. The van der Waals surface area contributed by atoms with Gasteiger partial charge in [0.1, 0.15) is 0 Å². The molecule has 68 valence electrons. The highest BCUT2D eigenvalue weighted by atomic mass is 16.1. The maximum Gasteiger partial charge on any atom is 0.153 e. The summed E-state index contributed by atoms with van der Waals surface area (Å²) in [6.07, 6.45) is 6.63. The van der Waals surface area contributed by atoms with Gasteiger partial charge in [-0.15, -0.1) is 0 Å². The van der Waals surface area contributed by atoms with Crippen LogP contribution in [0.15, 0.2) is 0 Å². The van der Waals surface area contributed by atoms with Gasteiger partial charge in [0.2, 0.25) is 0 Å². The standard InChI is InChI=1S/C10H17NO/c1-11-8-4-7-10(11)6-3-2-5-9(10)12/h2-8H2,1H3. The normalized spacial score (nSPS) is 37.9. The number of likely N-dealkylation sites (tertiary alicyclic amines) is 1. The van der Waals surface area contributed by atoms with Gasteiger partial charge in [-0.1, -0.05) is 6.42 Å². The highest BCUT2D eigenvalue weighted by Gasteiger charge is 2.45. The lowest BCUT2D eigenvalue weighted by molar-refractivity contribution is -0.131. The number of hydrogen-bond donors (Lipinski definition) is 0. The molecule has 1 unspecified atom stereocenters. The highest BCUT2D eigenvalue weighted by molar-refractivity contribution is 5.89. The van der Waals surface area contributed by atoms with Gasteiger partial charge in [0.05, 0.1) is 5.54 Å². The van der Waals surface area contributed by atoms with Gasteiger partial charge in [0, 0.05) is 6.42 Å². The van der Waals surface area contributed by atoms with Gasteiger partial charge in [-0.3, -0.25) is 9.69 Å². The number of likely N-dealkylation sites (N-methyl/N-ethyl adjacent to an activating group) is 1. The first-order valence-corrected chi connectivity index (χ1v) is 5.00. The first kappa shape index (κ1) is 8.24. The summed E-state index contributed by atoms with van der Waals surface area (Å²) >= 11 is 0. The van der Waals surface area contributed by atoms with E-state index in [1.165, 1.54) is 12.8 Å². The third-order valence-electron chi connectivity index (χ3n) is 3.58. The second kappa shape index (κ2) is 2.84. The Morgan fingerprint density at radius 2 is 2.00 bits per heavy atom. The summed E-state index contributed by atoms with van der Waals surface area (Å²) < 4.78 is 0. The molecule has 1 aliphatic heterocycles. The first-order chi connectivity index (χ1) is 5.76. The predicted octanol–water partition coefficient (Wildman–Crippen LogP) is 1.59. The van der Waals surface area contributed by atoms with Crippen molar-refractivity contribution in [3.05, 3.63) is 0 Å². The molecule has 1 saturated heterocycles. The van der Waals surface area contributed by atoms with Crippen LogP contribution in [0.5, 0.6) is 0 Å². The summed E-state index contributed by atoms with van der Waals surface area (Å²) in [4.78, 5) is 14.1. The summed E-state index contributed by atoms with van der Waals surface area (Å²) in [6.45, 7) is 1.12. The molecule has 1 saturated carbocycles. The quantitative estimate of drug-likeness (QED) is 0.546. The lowest BCUT2D eigenvalue weighted by Crippen LogP contribution is -2.50. The van der Waals surface area contributed by atoms with E-state index in [0.29, 0.717) is 5.78 Å². The molecule has 0 radical (unpaired) electrons. The second-order valence-corrected chi connectivity index (χ2v) is 4.19. The molecule has 2 heteroatoms. The molecule has 2 fully saturated rings. The molecule has 1 aliphatic carbocycles. The number of ketones is 1. The van der Waals surface area contributed by atoms with Gasteiger partial charge in [-0.2, -0.15) is 0 Å². The minimum absolute atomic E-state index is 0.0156. The SMILES string of the molecule is CN1CCCC12CCCCC2=O. The van der Waals surface area contributed by atoms with Gasteiger partial charge >= 0.3 is 0 Å². The van der Waals surface area contributed by atoms with E-state index in [2.05, 4.69) is 11.9 Å². The van der Waals surface area contributed by atoms with Gasteiger partial charge in [0.25, 0.3) is 0 Å². The van der Waals surface area contributed by atoms with Gasteiger partial charge < -0.3 is 0 Å². The Morgan fingerprint density at radius 3 is 2.58 bits per heavy atom. The number of Topliss-reactive ketones (excluding diaryl/α,β-unsaturated/α-hetero) is 1. The lowest BCUT2D eigenvalue weighted by Gasteiger charge is -2.37. The van der Waals surface area contributed by atoms with Gasteiger partial charge in [-0.05, 0) is 39.3 Å². The van der Waals surface area contributed by atoms with E-state index < -0.39 is 0 Å². The number of hydrogen-bond acceptors (Lipinski definition) is 2. The van der Waals surface area contributed by atoms with Gasteiger partial charge in [-0.25, -0.2) is 0 Å². The number of carbonyl (C=O) groups is 1. The van der Waals surface area contributed by atoms with E-state index in [-0.39, 0.29) is 5.54 Å². The van der Waals surface area contributed by atoms with Crippen molar-refractivity contribution < 1.29 is 4.79 Å². The summed E-state index contributed by atoms with van der Waals surface area (Å²) in [5.41, 5.74) is -0.0156. The Labute approximate surface area is 73.9 Å². The number of nitrogens with zero attached hydrogens (tertiary/aromatic N) is 1. The average Bonchev–Trinajstić information content (AvgIpc) is 2.41. The summed E-state index contributed by atoms with van der Waals surface area (Å²) in [6, 6.07) is 0. The van der Waals surface area contributed by atoms with E-state index in [1.54, 1.807) is 0 Å². The van der Waals surface area contributed by atoms with Crippen LogP contribution in [0, 0.1) is 0 Å². The van der Waals surface area contributed by atoms with Crippen LogP contribution in [0.1, 0.15) is 38.5 Å². The Hall–Kier alpha value is -0.370. The minimum Gasteiger partial charge on any atom is -0.298 e. The van der Waals surface area contributed by atoms with E-state index in [0.717, 1.165) is 32.2 Å².